The predicted octanol–water partition coefficient (Wildman–Crippen LogP) is 3.20. The minimum Gasteiger partial charge on any atom is -0.671 e. The first-order valence-electron chi connectivity index (χ1n) is 4.13. The molecule has 0 amide bonds. The second-order valence-corrected chi connectivity index (χ2v) is 2.73. The summed E-state index contributed by atoms with van der Waals surface area (Å²) in [5.41, 5.74) is 8.70. The minimum absolute atomic E-state index is 0. The maximum atomic E-state index is 7.65. The Morgan fingerprint density at radius 3 is 2.23 bits per heavy atom. The van der Waals surface area contributed by atoms with Gasteiger partial charge in [-0.2, -0.15) is 0 Å². The Morgan fingerprint density at radius 2 is 1.85 bits per heavy atom. The van der Waals surface area contributed by atoms with Crippen LogP contribution >= 0.6 is 0 Å². The molecule has 1 rings (SSSR count). The molecule has 0 spiro atoms. The predicted molar refractivity (Wildman–Crippen MR) is 50.3 cm³/mol. The number of hydrogen-bond donors (Lipinski definition) is 0. The van der Waals surface area contributed by atoms with Gasteiger partial charge in [-0.3, -0.25) is 0 Å². The summed E-state index contributed by atoms with van der Waals surface area (Å²) in [6.45, 7) is 2.02. The molecule has 1 N–H and O–H groups in total. The van der Waals surface area contributed by atoms with Crippen molar-refractivity contribution >= 4 is 0 Å². The van der Waals surface area contributed by atoms with Gasteiger partial charge in [-0.1, -0.05) is 31.0 Å². The van der Waals surface area contributed by atoms with Crippen LogP contribution in [0.5, 0.6) is 5.75 Å². The molecular formula is C10H14AcNO-. The van der Waals surface area contributed by atoms with E-state index in [1.54, 1.807) is 7.11 Å². The van der Waals surface area contributed by atoms with E-state index in [4.69, 9.17) is 10.5 Å². The van der Waals surface area contributed by atoms with E-state index in [0.29, 0.717) is 0 Å². The van der Waals surface area contributed by atoms with Gasteiger partial charge in [0.2, 0.25) is 0 Å². The van der Waals surface area contributed by atoms with Crippen LogP contribution in [-0.2, 0) is 0 Å². The van der Waals surface area contributed by atoms with Crippen LogP contribution < -0.4 is 4.74 Å². The molecule has 1 atom stereocenters. The summed E-state index contributed by atoms with van der Waals surface area (Å²) >= 11 is 0. The molecule has 1 radical (unpaired) electrons. The number of ether oxygens (including phenoxy) is 1. The fraction of sp³-hybridized carbons (Fsp3) is 0.400. The Morgan fingerprint density at radius 1 is 1.31 bits per heavy atom. The Labute approximate surface area is 115 Å². The number of methoxy groups -OCH3 is 1. The molecule has 1 aromatic rings. The summed E-state index contributed by atoms with van der Waals surface area (Å²) in [5.74, 6) is 0.849. The smallest absolute Gasteiger partial charge is 0.118 e. The van der Waals surface area contributed by atoms with Gasteiger partial charge in [0.15, 0.2) is 0 Å². The Bertz CT molecular complexity index is 235. The quantitative estimate of drug-likeness (QED) is 0.779. The van der Waals surface area contributed by atoms with Crippen LogP contribution in [0.3, 0.4) is 0 Å². The second kappa shape index (κ2) is 6.81. The van der Waals surface area contributed by atoms with Gasteiger partial charge in [-0.25, -0.2) is 0 Å². The molecule has 0 saturated heterocycles. The molecule has 0 aromatic heterocycles. The van der Waals surface area contributed by atoms with Crippen molar-refractivity contribution in [3.8, 4) is 5.75 Å². The van der Waals surface area contributed by atoms with E-state index in [2.05, 4.69) is 0 Å². The third kappa shape index (κ3) is 3.98. The van der Waals surface area contributed by atoms with E-state index in [1.165, 1.54) is 0 Å². The maximum Gasteiger partial charge on any atom is 0.118 e. The second-order valence-electron chi connectivity index (χ2n) is 2.73. The number of nitrogens with one attached hydrogen (secondary N) is 1. The van der Waals surface area contributed by atoms with Crippen molar-refractivity contribution in [3.05, 3.63) is 35.6 Å². The maximum absolute atomic E-state index is 7.65. The van der Waals surface area contributed by atoms with E-state index in [0.717, 1.165) is 17.7 Å². The summed E-state index contributed by atoms with van der Waals surface area (Å²) in [7, 11) is 1.65. The number of benzene rings is 1. The topological polar surface area (TPSA) is 33.0 Å². The molecule has 3 heteroatoms. The molecule has 0 fully saturated rings. The molecule has 0 aliphatic rings. The summed E-state index contributed by atoms with van der Waals surface area (Å²) < 4.78 is 5.02. The SMILES string of the molecule is CCC([NH-])c1ccc(OC)cc1.[Ac]. The van der Waals surface area contributed by atoms with E-state index >= 15 is 0 Å². The van der Waals surface area contributed by atoms with Crippen molar-refractivity contribution in [2.45, 2.75) is 19.4 Å². The molecule has 13 heavy (non-hydrogen) atoms. The molecule has 0 saturated carbocycles. The molecule has 2 nitrogen and oxygen atoms in total. The largest absolute Gasteiger partial charge is 0.671 e. The van der Waals surface area contributed by atoms with Crippen LogP contribution in [0.4, 0.5) is 0 Å². The van der Waals surface area contributed by atoms with Gasteiger partial charge in [-0.05, 0) is 12.1 Å². The van der Waals surface area contributed by atoms with Crippen molar-refractivity contribution in [2.24, 2.45) is 0 Å². The fourth-order valence-corrected chi connectivity index (χ4v) is 1.07. The summed E-state index contributed by atoms with van der Waals surface area (Å²) in [4.78, 5) is 0. The molecule has 0 aliphatic heterocycles. The van der Waals surface area contributed by atoms with Crippen LogP contribution in [0.15, 0.2) is 24.3 Å². The average Bonchev–Trinajstić information content (AvgIpc) is 2.17. The monoisotopic (exact) mass is 391 g/mol. The molecule has 69 valence electrons. The zero-order valence-corrected chi connectivity index (χ0v) is 12.8. The Hall–Kier alpha value is 0.422. The zero-order chi connectivity index (χ0) is 8.97. The molecular weight excluding hydrogens is 377 g/mol. The first kappa shape index (κ1) is 13.4. The van der Waals surface area contributed by atoms with E-state index in [-0.39, 0.29) is 50.1 Å². The first-order chi connectivity index (χ1) is 5.77. The van der Waals surface area contributed by atoms with Crippen LogP contribution in [0, 0.1) is 44.1 Å². The third-order valence-electron chi connectivity index (χ3n) is 1.93. The van der Waals surface area contributed by atoms with E-state index < -0.39 is 0 Å². The van der Waals surface area contributed by atoms with Crippen molar-refractivity contribution in [1.82, 2.24) is 0 Å². The normalized spacial score (nSPS) is 11.6. The van der Waals surface area contributed by atoms with Gasteiger partial charge in [0.25, 0.3) is 0 Å². The molecule has 1 unspecified atom stereocenters. The van der Waals surface area contributed by atoms with Gasteiger partial charge < -0.3 is 10.5 Å². The zero-order valence-electron chi connectivity index (χ0n) is 8.08. The van der Waals surface area contributed by atoms with E-state index in [1.807, 2.05) is 31.2 Å². The van der Waals surface area contributed by atoms with Crippen molar-refractivity contribution in [1.29, 1.82) is 0 Å². The van der Waals surface area contributed by atoms with Gasteiger partial charge in [0.05, 0.1) is 7.11 Å². The van der Waals surface area contributed by atoms with Crippen LogP contribution in [0.25, 0.3) is 5.73 Å². The van der Waals surface area contributed by atoms with Crippen LogP contribution in [-0.4, -0.2) is 7.11 Å². The van der Waals surface area contributed by atoms with Crippen molar-refractivity contribution in [2.75, 3.05) is 7.11 Å². The average molecular weight is 391 g/mol. The van der Waals surface area contributed by atoms with Crippen molar-refractivity contribution in [3.63, 3.8) is 0 Å². The third-order valence-corrected chi connectivity index (χ3v) is 1.93. The van der Waals surface area contributed by atoms with Gasteiger partial charge in [-0.15, -0.1) is 6.04 Å². The van der Waals surface area contributed by atoms with E-state index in [9.17, 15) is 0 Å². The van der Waals surface area contributed by atoms with Crippen LogP contribution in [0.1, 0.15) is 24.9 Å². The molecule has 0 bridgehead atoms. The Balaban J connectivity index is 0.00000144. The molecule has 0 aliphatic carbocycles. The van der Waals surface area contributed by atoms with Gasteiger partial charge in [0.1, 0.15) is 5.75 Å². The molecule has 1 aromatic carbocycles. The van der Waals surface area contributed by atoms with Crippen LogP contribution in [0.2, 0.25) is 0 Å². The number of rotatable bonds is 3. The summed E-state index contributed by atoms with van der Waals surface area (Å²) in [6, 6.07) is 7.58. The summed E-state index contributed by atoms with van der Waals surface area (Å²) in [5, 5.41) is 0. The summed E-state index contributed by atoms with van der Waals surface area (Å²) in [6.07, 6.45) is 0.854. The Kier molecular flexibility index (Phi) is 7.03. The standard InChI is InChI=1S/C10H14NO.Ac/c1-3-10(11)8-4-6-9(12-2)7-5-8;/h4-7,10-11H,3H2,1-2H3;/q-1;. The van der Waals surface area contributed by atoms with Gasteiger partial charge >= 0.3 is 0 Å². The first-order valence-corrected chi connectivity index (χ1v) is 4.13. The van der Waals surface area contributed by atoms with Gasteiger partial charge in [0, 0.05) is 44.1 Å². The fourth-order valence-electron chi connectivity index (χ4n) is 1.07. The molecule has 0 heterocycles. The number of hydrogen-bond acceptors (Lipinski definition) is 1. The van der Waals surface area contributed by atoms with Crippen molar-refractivity contribution < 1.29 is 48.8 Å². The minimum atomic E-state index is -0.101.